The number of sulfonamides is 1. The van der Waals surface area contributed by atoms with Crippen LogP contribution in [0.15, 0.2) is 45.7 Å². The molecule has 0 spiro atoms. The van der Waals surface area contributed by atoms with Gasteiger partial charge in [-0.15, -0.1) is 0 Å². The molecule has 1 amide bonds. The Morgan fingerprint density at radius 3 is 2.37 bits per heavy atom. The van der Waals surface area contributed by atoms with Crippen LogP contribution in [0, 0.1) is 12.8 Å². The van der Waals surface area contributed by atoms with E-state index in [1.165, 1.54) is 16.4 Å². The molecule has 3 rings (SSSR count). The van der Waals surface area contributed by atoms with Gasteiger partial charge in [-0.25, -0.2) is 8.42 Å². The van der Waals surface area contributed by atoms with Gasteiger partial charge in [-0.3, -0.25) is 4.79 Å². The molecule has 0 saturated carbocycles. The first-order valence-corrected chi connectivity index (χ1v) is 10.7. The van der Waals surface area contributed by atoms with Gasteiger partial charge >= 0.3 is 0 Å². The first kappa shape index (κ1) is 19.9. The number of carbonyl (C=O) groups excluding carboxylic acids is 1. The number of carbonyl (C=O) groups is 1. The van der Waals surface area contributed by atoms with Crippen LogP contribution in [0.5, 0.6) is 0 Å². The molecule has 1 unspecified atom stereocenters. The van der Waals surface area contributed by atoms with Crippen molar-refractivity contribution in [3.63, 3.8) is 0 Å². The number of nitrogens with zero attached hydrogens (tertiary/aromatic N) is 1. The van der Waals surface area contributed by atoms with E-state index in [2.05, 4.69) is 5.32 Å². The monoisotopic (exact) mass is 410 g/mol. The molecule has 1 aliphatic rings. The fourth-order valence-corrected chi connectivity index (χ4v) is 4.80. The third kappa shape index (κ3) is 4.54. The van der Waals surface area contributed by atoms with Gasteiger partial charge in [-0.05, 0) is 63.1 Å². The van der Waals surface area contributed by atoms with Gasteiger partial charge in [0.05, 0.1) is 10.9 Å². The lowest BCUT2D eigenvalue weighted by molar-refractivity contribution is -0.126. The maximum atomic E-state index is 12.7. The molecule has 1 N–H and O–H groups in total. The highest BCUT2D eigenvalue weighted by molar-refractivity contribution is 7.89. The Balaban J connectivity index is 1.58. The number of hydrogen-bond acceptors (Lipinski definition) is 4. The fourth-order valence-electron chi connectivity index (χ4n) is 3.20. The van der Waals surface area contributed by atoms with Crippen LogP contribution in [0.25, 0.3) is 0 Å². The van der Waals surface area contributed by atoms with Gasteiger partial charge < -0.3 is 9.73 Å². The molecule has 1 saturated heterocycles. The lowest BCUT2D eigenvalue weighted by atomic mass is 9.97. The maximum absolute atomic E-state index is 12.7. The smallest absolute Gasteiger partial charge is 0.243 e. The molecule has 0 bridgehead atoms. The molecule has 1 aliphatic heterocycles. The predicted octanol–water partition coefficient (Wildman–Crippen LogP) is 3.52. The van der Waals surface area contributed by atoms with E-state index in [4.69, 9.17) is 16.0 Å². The van der Waals surface area contributed by atoms with Crippen molar-refractivity contribution in [3.05, 3.63) is 52.9 Å². The third-order valence-electron chi connectivity index (χ3n) is 4.82. The van der Waals surface area contributed by atoms with Gasteiger partial charge in [0.15, 0.2) is 0 Å². The fraction of sp³-hybridized carbons (Fsp3) is 0.421. The second kappa shape index (κ2) is 8.04. The molecule has 2 heterocycles. The Kier molecular flexibility index (Phi) is 5.93. The molecule has 146 valence electrons. The number of piperidine rings is 1. The van der Waals surface area contributed by atoms with Crippen molar-refractivity contribution in [2.24, 2.45) is 5.92 Å². The molecule has 0 aliphatic carbocycles. The first-order valence-electron chi connectivity index (χ1n) is 8.90. The summed E-state index contributed by atoms with van der Waals surface area (Å²) in [5, 5.41) is 3.45. The number of rotatable bonds is 5. The second-order valence-electron chi connectivity index (χ2n) is 6.81. The van der Waals surface area contributed by atoms with Gasteiger partial charge in [-0.2, -0.15) is 4.31 Å². The van der Waals surface area contributed by atoms with E-state index >= 15 is 0 Å². The highest BCUT2D eigenvalue weighted by Crippen LogP contribution is 2.25. The summed E-state index contributed by atoms with van der Waals surface area (Å²) >= 11 is 5.83. The van der Waals surface area contributed by atoms with Crippen LogP contribution in [0.4, 0.5) is 0 Å². The molecule has 1 fully saturated rings. The van der Waals surface area contributed by atoms with E-state index in [-0.39, 0.29) is 22.8 Å². The van der Waals surface area contributed by atoms with Crippen molar-refractivity contribution < 1.29 is 17.6 Å². The number of benzene rings is 1. The van der Waals surface area contributed by atoms with Gasteiger partial charge in [0, 0.05) is 24.0 Å². The molecular formula is C19H23ClN2O4S. The van der Waals surface area contributed by atoms with E-state index in [9.17, 15) is 13.2 Å². The average Bonchev–Trinajstić information content (AvgIpc) is 3.09. The Hall–Kier alpha value is -1.83. The second-order valence-corrected chi connectivity index (χ2v) is 9.19. The molecule has 0 radical (unpaired) electrons. The highest BCUT2D eigenvalue weighted by atomic mass is 35.5. The molecule has 1 aromatic heterocycles. The van der Waals surface area contributed by atoms with Crippen molar-refractivity contribution in [3.8, 4) is 0 Å². The number of nitrogens with one attached hydrogen (secondary N) is 1. The van der Waals surface area contributed by atoms with Crippen molar-refractivity contribution >= 4 is 27.5 Å². The standard InChI is InChI=1S/C19H23ClN2O4S/c1-13-3-8-18(26-13)14(2)21-19(23)15-9-11-22(12-10-15)27(24,25)17-6-4-16(20)5-7-17/h3-8,14-15H,9-12H2,1-2H3,(H,21,23). The lowest BCUT2D eigenvalue weighted by Gasteiger charge is -2.31. The third-order valence-corrected chi connectivity index (χ3v) is 6.99. The van der Waals surface area contributed by atoms with Crippen LogP contribution in [0.1, 0.15) is 37.3 Å². The van der Waals surface area contributed by atoms with Crippen LogP contribution >= 0.6 is 11.6 Å². The molecule has 8 heteroatoms. The van der Waals surface area contributed by atoms with Gasteiger partial charge in [0.1, 0.15) is 11.5 Å². The normalized spacial score (nSPS) is 17.6. The van der Waals surface area contributed by atoms with Crippen molar-refractivity contribution in [1.82, 2.24) is 9.62 Å². The topological polar surface area (TPSA) is 79.6 Å². The summed E-state index contributed by atoms with van der Waals surface area (Å²) in [7, 11) is -3.56. The first-order chi connectivity index (χ1) is 12.8. The van der Waals surface area contributed by atoms with E-state index in [0.717, 1.165) is 5.76 Å². The summed E-state index contributed by atoms with van der Waals surface area (Å²) in [6.45, 7) is 4.36. The minimum atomic E-state index is -3.56. The van der Waals surface area contributed by atoms with Crippen LogP contribution in [-0.2, 0) is 14.8 Å². The maximum Gasteiger partial charge on any atom is 0.243 e. The lowest BCUT2D eigenvalue weighted by Crippen LogP contribution is -2.43. The summed E-state index contributed by atoms with van der Waals surface area (Å²) in [5.74, 6) is 1.23. The van der Waals surface area contributed by atoms with Crippen LogP contribution in [0.3, 0.4) is 0 Å². The minimum absolute atomic E-state index is 0.0694. The zero-order chi connectivity index (χ0) is 19.6. The summed E-state index contributed by atoms with van der Waals surface area (Å²) < 4.78 is 32.4. The molecule has 1 aromatic carbocycles. The van der Waals surface area contributed by atoms with Crippen LogP contribution in [-0.4, -0.2) is 31.7 Å². The van der Waals surface area contributed by atoms with E-state index in [1.54, 1.807) is 12.1 Å². The number of aryl methyl sites for hydroxylation is 1. The zero-order valence-corrected chi connectivity index (χ0v) is 16.9. The zero-order valence-electron chi connectivity index (χ0n) is 15.3. The molecular weight excluding hydrogens is 388 g/mol. The predicted molar refractivity (Wildman–Crippen MR) is 103 cm³/mol. The summed E-state index contributed by atoms with van der Waals surface area (Å²) in [6.07, 6.45) is 0.977. The van der Waals surface area contributed by atoms with Crippen molar-refractivity contribution in [1.29, 1.82) is 0 Å². The van der Waals surface area contributed by atoms with Crippen LogP contribution in [0.2, 0.25) is 5.02 Å². The Morgan fingerprint density at radius 1 is 1.19 bits per heavy atom. The SMILES string of the molecule is Cc1ccc(C(C)NC(=O)C2CCN(S(=O)(=O)c3ccc(Cl)cc3)CC2)o1. The largest absolute Gasteiger partial charge is 0.464 e. The highest BCUT2D eigenvalue weighted by Gasteiger charge is 2.32. The quantitative estimate of drug-likeness (QED) is 0.817. The van der Waals surface area contributed by atoms with Gasteiger partial charge in [0.2, 0.25) is 15.9 Å². The molecule has 27 heavy (non-hydrogen) atoms. The number of halogens is 1. The van der Waals surface area contributed by atoms with E-state index < -0.39 is 10.0 Å². The molecule has 2 aromatic rings. The summed E-state index contributed by atoms with van der Waals surface area (Å²) in [4.78, 5) is 12.7. The van der Waals surface area contributed by atoms with Gasteiger partial charge in [0.25, 0.3) is 0 Å². The minimum Gasteiger partial charge on any atom is -0.464 e. The Morgan fingerprint density at radius 2 is 1.81 bits per heavy atom. The van der Waals surface area contributed by atoms with Crippen molar-refractivity contribution in [2.45, 2.75) is 37.6 Å². The molecule has 1 atom stereocenters. The Labute approximate surface area is 164 Å². The summed E-state index contributed by atoms with van der Waals surface area (Å²) in [6, 6.07) is 9.62. The number of hydrogen-bond donors (Lipinski definition) is 1. The molecule has 6 nitrogen and oxygen atoms in total. The Bertz CT molecular complexity index is 900. The number of furan rings is 1. The number of amides is 1. The van der Waals surface area contributed by atoms with Crippen LogP contribution < -0.4 is 5.32 Å². The van der Waals surface area contributed by atoms with E-state index in [1.807, 2.05) is 26.0 Å². The van der Waals surface area contributed by atoms with E-state index in [0.29, 0.717) is 36.7 Å². The average molecular weight is 411 g/mol. The summed E-state index contributed by atoms with van der Waals surface area (Å²) in [5.41, 5.74) is 0. The van der Waals surface area contributed by atoms with Gasteiger partial charge in [-0.1, -0.05) is 11.6 Å². The van der Waals surface area contributed by atoms with Crippen molar-refractivity contribution in [2.75, 3.05) is 13.1 Å².